The Morgan fingerprint density at radius 1 is 1.33 bits per heavy atom. The molecule has 1 fully saturated rings. The summed E-state index contributed by atoms with van der Waals surface area (Å²) in [5.41, 5.74) is 0.0239. The van der Waals surface area contributed by atoms with E-state index in [4.69, 9.17) is 5.11 Å². The van der Waals surface area contributed by atoms with Gasteiger partial charge in [0.1, 0.15) is 5.75 Å². The van der Waals surface area contributed by atoms with Crippen LogP contribution < -0.4 is 10.6 Å². The highest BCUT2D eigenvalue weighted by Gasteiger charge is 2.25. The average molecular weight is 310 g/mol. The van der Waals surface area contributed by atoms with Gasteiger partial charge in [0, 0.05) is 11.3 Å². The van der Waals surface area contributed by atoms with E-state index in [0.29, 0.717) is 5.25 Å². The topological polar surface area (TPSA) is 98.7 Å². The minimum atomic E-state index is -1.20. The van der Waals surface area contributed by atoms with Crippen molar-refractivity contribution < 1.29 is 19.8 Å². The first-order valence-electron chi connectivity index (χ1n) is 6.66. The van der Waals surface area contributed by atoms with Crippen LogP contribution in [0.3, 0.4) is 0 Å². The van der Waals surface area contributed by atoms with Crippen LogP contribution in [0.15, 0.2) is 18.2 Å². The summed E-state index contributed by atoms with van der Waals surface area (Å²) >= 11 is 1.80. The number of nitrogens with one attached hydrogen (secondary N) is 2. The van der Waals surface area contributed by atoms with Crippen LogP contribution in [0.25, 0.3) is 0 Å². The number of hydrogen-bond donors (Lipinski definition) is 4. The quantitative estimate of drug-likeness (QED) is 0.640. The molecule has 114 valence electrons. The molecule has 21 heavy (non-hydrogen) atoms. The van der Waals surface area contributed by atoms with Crippen molar-refractivity contribution in [3.05, 3.63) is 23.8 Å². The molecule has 1 aliphatic rings. The number of benzene rings is 1. The molecule has 0 aliphatic heterocycles. The molecule has 0 bridgehead atoms. The molecule has 1 aliphatic carbocycles. The Kier molecular flexibility index (Phi) is 4.95. The van der Waals surface area contributed by atoms with E-state index in [0.717, 1.165) is 25.3 Å². The predicted molar refractivity (Wildman–Crippen MR) is 82.2 cm³/mol. The second-order valence-corrected chi connectivity index (χ2v) is 6.14. The van der Waals surface area contributed by atoms with Crippen LogP contribution in [-0.2, 0) is 0 Å². The van der Waals surface area contributed by atoms with E-state index >= 15 is 0 Å². The molecule has 2 atom stereocenters. The Morgan fingerprint density at radius 3 is 2.71 bits per heavy atom. The van der Waals surface area contributed by atoms with Crippen molar-refractivity contribution in [1.29, 1.82) is 0 Å². The summed E-state index contributed by atoms with van der Waals surface area (Å²) in [6, 6.07) is 3.51. The number of phenols is 1. The van der Waals surface area contributed by atoms with Crippen LogP contribution in [0.2, 0.25) is 0 Å². The molecule has 1 saturated carbocycles. The second kappa shape index (κ2) is 6.71. The molecular weight excluding hydrogens is 292 g/mol. The Hall–Kier alpha value is -1.89. The lowest BCUT2D eigenvalue weighted by molar-refractivity contribution is 0.0697. The van der Waals surface area contributed by atoms with Crippen molar-refractivity contribution in [2.24, 2.45) is 0 Å². The van der Waals surface area contributed by atoms with Crippen LogP contribution >= 0.6 is 11.8 Å². The van der Waals surface area contributed by atoms with Crippen molar-refractivity contribution in [3.8, 4) is 5.75 Å². The molecule has 1 aromatic carbocycles. The van der Waals surface area contributed by atoms with Crippen molar-refractivity contribution >= 4 is 29.4 Å². The number of carbonyl (C=O) groups is 2. The maximum absolute atomic E-state index is 11.9. The number of amides is 2. The van der Waals surface area contributed by atoms with Crippen molar-refractivity contribution in [2.75, 3.05) is 11.6 Å². The number of anilines is 1. The lowest BCUT2D eigenvalue weighted by Crippen LogP contribution is -2.36. The van der Waals surface area contributed by atoms with Crippen LogP contribution in [0.4, 0.5) is 10.5 Å². The van der Waals surface area contributed by atoms with E-state index in [-0.39, 0.29) is 23.0 Å². The minimum Gasteiger partial charge on any atom is -0.508 e. The molecule has 2 rings (SSSR count). The molecule has 7 heteroatoms. The van der Waals surface area contributed by atoms with Gasteiger partial charge in [0.25, 0.3) is 0 Å². The monoisotopic (exact) mass is 310 g/mol. The molecule has 2 amide bonds. The average Bonchev–Trinajstić information content (AvgIpc) is 2.88. The summed E-state index contributed by atoms with van der Waals surface area (Å²) in [6.45, 7) is 0. The third-order valence-electron chi connectivity index (χ3n) is 3.53. The number of rotatable bonds is 4. The van der Waals surface area contributed by atoms with E-state index in [9.17, 15) is 14.7 Å². The summed E-state index contributed by atoms with van der Waals surface area (Å²) < 4.78 is 0. The minimum absolute atomic E-state index is 0.118. The fourth-order valence-corrected chi connectivity index (χ4v) is 3.24. The Labute approximate surface area is 126 Å². The van der Waals surface area contributed by atoms with Gasteiger partial charge in [0.05, 0.1) is 11.3 Å². The number of thioether (sulfide) groups is 1. The molecule has 0 aromatic heterocycles. The van der Waals surface area contributed by atoms with Gasteiger partial charge >= 0.3 is 12.0 Å². The van der Waals surface area contributed by atoms with Crippen LogP contribution in [0.5, 0.6) is 5.75 Å². The number of carboxylic acid groups (broad SMARTS) is 1. The van der Waals surface area contributed by atoms with Gasteiger partial charge in [-0.3, -0.25) is 0 Å². The molecule has 4 N–H and O–H groups in total. The highest BCUT2D eigenvalue weighted by atomic mass is 32.2. The number of carboxylic acids is 1. The molecular formula is C14H18N2O4S. The van der Waals surface area contributed by atoms with Gasteiger partial charge in [-0.1, -0.05) is 0 Å². The van der Waals surface area contributed by atoms with Gasteiger partial charge in [-0.25, -0.2) is 9.59 Å². The Bertz CT molecular complexity index is 550. The van der Waals surface area contributed by atoms with Crippen LogP contribution in [-0.4, -0.2) is 39.8 Å². The Morgan fingerprint density at radius 2 is 2.10 bits per heavy atom. The lowest BCUT2D eigenvalue weighted by atomic mass is 10.1. The van der Waals surface area contributed by atoms with Crippen molar-refractivity contribution in [1.82, 2.24) is 5.32 Å². The smallest absolute Gasteiger partial charge is 0.337 e. The Balaban J connectivity index is 1.98. The molecule has 2 unspecified atom stereocenters. The first-order valence-corrected chi connectivity index (χ1v) is 7.95. The van der Waals surface area contributed by atoms with Gasteiger partial charge in [-0.2, -0.15) is 11.8 Å². The van der Waals surface area contributed by atoms with Crippen molar-refractivity contribution in [2.45, 2.75) is 30.6 Å². The van der Waals surface area contributed by atoms with Crippen LogP contribution in [0, 0.1) is 0 Å². The summed E-state index contributed by atoms with van der Waals surface area (Å²) in [4.78, 5) is 23.0. The first kappa shape index (κ1) is 15.5. The second-order valence-electron chi connectivity index (χ2n) is 5.00. The molecule has 0 radical (unpaired) electrons. The number of hydrogen-bond acceptors (Lipinski definition) is 4. The third-order valence-corrected chi connectivity index (χ3v) is 4.63. The number of phenolic OH excluding ortho intramolecular Hbond substituents is 1. The van der Waals surface area contributed by atoms with Crippen LogP contribution in [0.1, 0.15) is 29.6 Å². The summed E-state index contributed by atoms with van der Waals surface area (Å²) in [5.74, 6) is -1.36. The summed E-state index contributed by atoms with van der Waals surface area (Å²) in [6.07, 6.45) is 4.99. The fraction of sp³-hybridized carbons (Fsp3) is 0.429. The van der Waals surface area contributed by atoms with E-state index in [1.54, 1.807) is 11.8 Å². The number of carbonyl (C=O) groups excluding carboxylic acids is 1. The molecule has 0 spiro atoms. The number of aromatic carboxylic acids is 1. The summed E-state index contributed by atoms with van der Waals surface area (Å²) in [7, 11) is 0. The highest BCUT2D eigenvalue weighted by Crippen LogP contribution is 2.28. The normalized spacial score (nSPS) is 21.0. The first-order chi connectivity index (χ1) is 9.99. The van der Waals surface area contributed by atoms with E-state index in [2.05, 4.69) is 16.9 Å². The predicted octanol–water partition coefficient (Wildman–Crippen LogP) is 2.50. The van der Waals surface area contributed by atoms with E-state index in [1.165, 1.54) is 12.1 Å². The lowest BCUT2D eigenvalue weighted by Gasteiger charge is -2.15. The zero-order valence-electron chi connectivity index (χ0n) is 11.6. The largest absolute Gasteiger partial charge is 0.508 e. The van der Waals surface area contributed by atoms with Gasteiger partial charge in [0.2, 0.25) is 0 Å². The maximum Gasteiger partial charge on any atom is 0.337 e. The van der Waals surface area contributed by atoms with E-state index in [1.807, 2.05) is 0 Å². The van der Waals surface area contributed by atoms with Gasteiger partial charge in [-0.15, -0.1) is 0 Å². The van der Waals surface area contributed by atoms with E-state index < -0.39 is 12.0 Å². The number of urea groups is 1. The molecule has 6 nitrogen and oxygen atoms in total. The maximum atomic E-state index is 11.9. The number of aromatic hydroxyl groups is 1. The third kappa shape index (κ3) is 4.04. The van der Waals surface area contributed by atoms with Crippen molar-refractivity contribution in [3.63, 3.8) is 0 Å². The van der Waals surface area contributed by atoms with Gasteiger partial charge < -0.3 is 20.8 Å². The molecule has 0 heterocycles. The van der Waals surface area contributed by atoms with Gasteiger partial charge in [0.15, 0.2) is 0 Å². The highest BCUT2D eigenvalue weighted by molar-refractivity contribution is 7.99. The molecule has 0 saturated heterocycles. The molecule has 1 aromatic rings. The zero-order chi connectivity index (χ0) is 15.4. The zero-order valence-corrected chi connectivity index (χ0v) is 12.4. The SMILES string of the molecule is CSC1CCC(NC(=O)Nc2ccc(O)cc2C(=O)O)C1. The summed E-state index contributed by atoms with van der Waals surface area (Å²) in [5, 5.41) is 24.3. The standard InChI is InChI=1S/C14H18N2O4S/c1-21-10-4-2-8(6-10)15-14(20)16-12-5-3-9(17)7-11(12)13(18)19/h3,5,7-8,10,17H,2,4,6H2,1H3,(H,18,19)(H2,15,16,20). The fourth-order valence-electron chi connectivity index (χ4n) is 2.45. The van der Waals surface area contributed by atoms with Gasteiger partial charge in [-0.05, 0) is 43.7 Å².